The van der Waals surface area contributed by atoms with E-state index in [4.69, 9.17) is 15.3 Å². The van der Waals surface area contributed by atoms with Crippen molar-refractivity contribution in [3.05, 3.63) is 29.1 Å². The minimum Gasteiger partial charge on any atom is -0.478 e. The van der Waals surface area contributed by atoms with Crippen LogP contribution in [0.3, 0.4) is 0 Å². The number of halogens is 1. The zero-order valence-corrected chi connectivity index (χ0v) is 8.39. The van der Waals surface area contributed by atoms with E-state index in [-0.39, 0.29) is 12.4 Å². The molecule has 0 saturated carbocycles. The van der Waals surface area contributed by atoms with Gasteiger partial charge in [-0.05, 0) is 12.1 Å². The predicted molar refractivity (Wildman–Crippen MR) is 52.4 cm³/mol. The number of hydrogen-bond acceptors (Lipinski definition) is 4. The van der Waals surface area contributed by atoms with Gasteiger partial charge in [0.05, 0.1) is 5.56 Å². The normalized spacial score (nSPS) is 9.00. The second kappa shape index (κ2) is 5.08. The van der Waals surface area contributed by atoms with Crippen LogP contribution in [0.4, 0.5) is 0 Å². The molecule has 0 atom stereocenters. The van der Waals surface area contributed by atoms with Crippen LogP contribution in [0.1, 0.15) is 31.3 Å². The molecule has 0 aliphatic rings. The fraction of sp³-hybridized carbons (Fsp3) is 0. The highest BCUT2D eigenvalue weighted by Gasteiger charge is 2.15. The Morgan fingerprint density at radius 2 is 1.25 bits per heavy atom. The second-order valence-corrected chi connectivity index (χ2v) is 2.54. The van der Waals surface area contributed by atoms with Gasteiger partial charge in [-0.15, -0.1) is 12.4 Å². The summed E-state index contributed by atoms with van der Waals surface area (Å²) in [5.74, 6) is -4.39. The molecule has 1 aromatic rings. The molecular weight excluding hydrogens is 242 g/mol. The third-order valence-corrected chi connectivity index (χ3v) is 1.51. The van der Waals surface area contributed by atoms with Crippen molar-refractivity contribution >= 4 is 30.3 Å². The van der Waals surface area contributed by atoms with Crippen molar-refractivity contribution in [2.45, 2.75) is 0 Å². The van der Waals surface area contributed by atoms with E-state index in [0.717, 1.165) is 12.1 Å². The van der Waals surface area contributed by atoms with E-state index in [1.165, 1.54) is 0 Å². The number of carboxylic acid groups (broad SMARTS) is 3. The van der Waals surface area contributed by atoms with Gasteiger partial charge in [0.25, 0.3) is 0 Å². The zero-order chi connectivity index (χ0) is 11.6. The Morgan fingerprint density at radius 3 is 1.50 bits per heavy atom. The first kappa shape index (κ1) is 13.8. The monoisotopic (exact) mass is 247 g/mol. The number of aromatic nitrogens is 1. The first-order chi connectivity index (χ1) is 6.91. The van der Waals surface area contributed by atoms with E-state index in [1.54, 1.807) is 0 Å². The van der Waals surface area contributed by atoms with Crippen LogP contribution < -0.4 is 0 Å². The standard InChI is InChI=1S/C8H5NO6.ClH/c10-6(11)3-1-4(7(12)13)9-5(2-3)8(14)15;/h1-2H,(H,10,11)(H,12,13)(H,14,15);1H. The first-order valence-electron chi connectivity index (χ1n) is 3.64. The molecule has 0 radical (unpaired) electrons. The molecule has 0 aliphatic heterocycles. The summed E-state index contributed by atoms with van der Waals surface area (Å²) in [6, 6.07) is 1.58. The molecule has 7 nitrogen and oxygen atoms in total. The zero-order valence-electron chi connectivity index (χ0n) is 7.58. The average molecular weight is 248 g/mol. The largest absolute Gasteiger partial charge is 0.478 e. The van der Waals surface area contributed by atoms with E-state index in [1.807, 2.05) is 0 Å². The Balaban J connectivity index is 0.00000225. The Bertz CT molecular complexity index is 379. The van der Waals surface area contributed by atoms with E-state index < -0.39 is 34.9 Å². The number of pyridine rings is 1. The van der Waals surface area contributed by atoms with Gasteiger partial charge in [0, 0.05) is 0 Å². The highest BCUT2D eigenvalue weighted by atomic mass is 35.5. The van der Waals surface area contributed by atoms with Crippen molar-refractivity contribution in [1.82, 2.24) is 4.98 Å². The van der Waals surface area contributed by atoms with Gasteiger partial charge in [-0.1, -0.05) is 0 Å². The van der Waals surface area contributed by atoms with Crippen molar-refractivity contribution in [2.75, 3.05) is 0 Å². The second-order valence-electron chi connectivity index (χ2n) is 2.54. The summed E-state index contributed by atoms with van der Waals surface area (Å²) in [4.78, 5) is 34.8. The number of aromatic carboxylic acids is 3. The molecular formula is C8H6ClNO6. The molecule has 8 heteroatoms. The Labute approximate surface area is 94.8 Å². The van der Waals surface area contributed by atoms with Gasteiger partial charge in [0.1, 0.15) is 11.4 Å². The molecule has 1 rings (SSSR count). The summed E-state index contributed by atoms with van der Waals surface area (Å²) in [6.45, 7) is 0. The molecule has 16 heavy (non-hydrogen) atoms. The third-order valence-electron chi connectivity index (χ3n) is 1.51. The fourth-order valence-corrected chi connectivity index (χ4v) is 0.873. The van der Waals surface area contributed by atoms with Crippen LogP contribution >= 0.6 is 12.4 Å². The van der Waals surface area contributed by atoms with Gasteiger partial charge in [-0.2, -0.15) is 0 Å². The molecule has 86 valence electrons. The summed E-state index contributed by atoms with van der Waals surface area (Å²) in [5.41, 5.74) is -1.67. The van der Waals surface area contributed by atoms with Crippen LogP contribution in [-0.2, 0) is 0 Å². The summed E-state index contributed by atoms with van der Waals surface area (Å²) < 4.78 is 0. The van der Waals surface area contributed by atoms with Gasteiger partial charge >= 0.3 is 17.9 Å². The minimum atomic E-state index is -1.49. The van der Waals surface area contributed by atoms with E-state index >= 15 is 0 Å². The van der Waals surface area contributed by atoms with Crippen LogP contribution in [-0.4, -0.2) is 38.2 Å². The van der Waals surface area contributed by atoms with E-state index in [9.17, 15) is 14.4 Å². The first-order valence-corrected chi connectivity index (χ1v) is 3.64. The van der Waals surface area contributed by atoms with Gasteiger partial charge in [0.15, 0.2) is 0 Å². The van der Waals surface area contributed by atoms with Crippen molar-refractivity contribution < 1.29 is 29.7 Å². The number of rotatable bonds is 3. The maximum absolute atomic E-state index is 10.5. The van der Waals surface area contributed by atoms with Crippen LogP contribution in [0.5, 0.6) is 0 Å². The summed E-state index contributed by atoms with van der Waals surface area (Å²) in [7, 11) is 0. The van der Waals surface area contributed by atoms with Crippen LogP contribution in [0, 0.1) is 0 Å². The molecule has 1 heterocycles. The molecule has 0 unspecified atom stereocenters. The molecule has 0 amide bonds. The fourth-order valence-electron chi connectivity index (χ4n) is 0.873. The lowest BCUT2D eigenvalue weighted by Crippen LogP contribution is -2.10. The van der Waals surface area contributed by atoms with E-state index in [0.29, 0.717) is 0 Å². The Hall–Kier alpha value is -2.15. The minimum absolute atomic E-state index is 0. The highest BCUT2D eigenvalue weighted by molar-refractivity contribution is 5.96. The Morgan fingerprint density at radius 1 is 0.875 bits per heavy atom. The molecule has 0 saturated heterocycles. The third kappa shape index (κ3) is 2.92. The number of hydrogen-bond donors (Lipinski definition) is 3. The number of carbonyl (C=O) groups is 3. The van der Waals surface area contributed by atoms with Crippen molar-refractivity contribution in [2.24, 2.45) is 0 Å². The van der Waals surface area contributed by atoms with Crippen LogP contribution in [0.2, 0.25) is 0 Å². The maximum Gasteiger partial charge on any atom is 0.354 e. The van der Waals surface area contributed by atoms with Crippen molar-refractivity contribution in [3.8, 4) is 0 Å². The molecule has 0 bridgehead atoms. The Kier molecular flexibility index (Phi) is 4.40. The molecule has 3 N–H and O–H groups in total. The van der Waals surface area contributed by atoms with Gasteiger partial charge in [-0.25, -0.2) is 19.4 Å². The summed E-state index contributed by atoms with van der Waals surface area (Å²) >= 11 is 0. The lowest BCUT2D eigenvalue weighted by atomic mass is 10.2. The number of nitrogens with zero attached hydrogens (tertiary/aromatic N) is 1. The highest BCUT2D eigenvalue weighted by Crippen LogP contribution is 2.06. The van der Waals surface area contributed by atoms with Crippen LogP contribution in [0.15, 0.2) is 12.1 Å². The number of carboxylic acids is 3. The molecule has 1 aromatic heterocycles. The molecule has 0 aromatic carbocycles. The SMILES string of the molecule is Cl.O=C(O)c1cc(C(=O)O)nc(C(=O)O)c1. The van der Waals surface area contributed by atoms with Gasteiger partial charge in [0.2, 0.25) is 0 Å². The topological polar surface area (TPSA) is 125 Å². The van der Waals surface area contributed by atoms with Gasteiger partial charge < -0.3 is 15.3 Å². The summed E-state index contributed by atoms with van der Waals surface area (Å²) in [6.07, 6.45) is 0. The van der Waals surface area contributed by atoms with Crippen molar-refractivity contribution in [3.63, 3.8) is 0 Å². The lowest BCUT2D eigenvalue weighted by Gasteiger charge is -1.99. The van der Waals surface area contributed by atoms with Crippen LogP contribution in [0.25, 0.3) is 0 Å². The molecule has 0 aliphatic carbocycles. The predicted octanol–water partition coefficient (Wildman–Crippen LogP) is 0.598. The maximum atomic E-state index is 10.5. The lowest BCUT2D eigenvalue weighted by molar-refractivity contribution is 0.0685. The molecule has 0 fully saturated rings. The van der Waals surface area contributed by atoms with Crippen molar-refractivity contribution in [1.29, 1.82) is 0 Å². The summed E-state index contributed by atoms with van der Waals surface area (Å²) in [5, 5.41) is 25.7. The quantitative estimate of drug-likeness (QED) is 0.714. The smallest absolute Gasteiger partial charge is 0.354 e. The van der Waals surface area contributed by atoms with Gasteiger partial charge in [-0.3, -0.25) is 0 Å². The average Bonchev–Trinajstić information content (AvgIpc) is 2.16. The molecule has 0 spiro atoms. The van der Waals surface area contributed by atoms with E-state index in [2.05, 4.69) is 4.98 Å².